The van der Waals surface area contributed by atoms with Gasteiger partial charge in [-0.25, -0.2) is 13.6 Å². The number of carboxylic acids is 1. The number of carbonyl (C=O) groups is 1. The van der Waals surface area contributed by atoms with Gasteiger partial charge in [-0.2, -0.15) is 0 Å². The maximum absolute atomic E-state index is 13.4. The number of benzene rings is 2. The molecule has 0 spiro atoms. The third-order valence-electron chi connectivity index (χ3n) is 2.36. The number of carboxylic acid groups (broad SMARTS) is 1. The van der Waals surface area contributed by atoms with Crippen molar-refractivity contribution < 1.29 is 23.4 Å². The molecular weight excluding hydrogens is 266 g/mol. The van der Waals surface area contributed by atoms with Gasteiger partial charge in [-0.1, -0.05) is 0 Å². The Kier molecular flexibility index (Phi) is 4.10. The Balaban J connectivity index is 2.23. The molecule has 0 radical (unpaired) electrons. The molecule has 2 aromatic rings. The molecule has 0 aliphatic carbocycles. The lowest BCUT2D eigenvalue weighted by Crippen LogP contribution is -1.89. The molecule has 102 valence electrons. The van der Waals surface area contributed by atoms with E-state index in [4.69, 9.17) is 9.84 Å². The summed E-state index contributed by atoms with van der Waals surface area (Å²) < 4.78 is 31.5. The van der Waals surface area contributed by atoms with Crippen LogP contribution in [-0.2, 0) is 4.79 Å². The first-order chi connectivity index (χ1) is 9.52. The second-order valence-corrected chi connectivity index (χ2v) is 3.95. The third-order valence-corrected chi connectivity index (χ3v) is 2.36. The van der Waals surface area contributed by atoms with Gasteiger partial charge in [0.15, 0.2) is 0 Å². The second-order valence-electron chi connectivity index (χ2n) is 3.95. The highest BCUT2D eigenvalue weighted by molar-refractivity contribution is 5.85. The van der Waals surface area contributed by atoms with Gasteiger partial charge < -0.3 is 9.84 Å². The Morgan fingerprint density at radius 2 is 1.70 bits per heavy atom. The molecule has 0 saturated carbocycles. The van der Waals surface area contributed by atoms with Crippen molar-refractivity contribution in [3.63, 3.8) is 0 Å². The smallest absolute Gasteiger partial charge is 0.328 e. The predicted octanol–water partition coefficient (Wildman–Crippen LogP) is 3.85. The van der Waals surface area contributed by atoms with E-state index in [0.29, 0.717) is 11.3 Å². The molecule has 0 bridgehead atoms. The number of rotatable bonds is 4. The molecule has 0 fully saturated rings. The van der Waals surface area contributed by atoms with Crippen LogP contribution < -0.4 is 4.74 Å². The van der Waals surface area contributed by atoms with E-state index in [9.17, 15) is 13.6 Å². The quantitative estimate of drug-likeness (QED) is 0.863. The lowest BCUT2D eigenvalue weighted by atomic mass is 10.2. The summed E-state index contributed by atoms with van der Waals surface area (Å²) in [5.41, 5.74) is 0.351. The van der Waals surface area contributed by atoms with Crippen molar-refractivity contribution in [2.24, 2.45) is 0 Å². The molecule has 0 aliphatic heterocycles. The average Bonchev–Trinajstić information content (AvgIpc) is 2.38. The molecule has 5 heteroatoms. The van der Waals surface area contributed by atoms with Gasteiger partial charge in [0, 0.05) is 12.1 Å². The number of hydrogen-bond donors (Lipinski definition) is 1. The van der Waals surface area contributed by atoms with E-state index in [1.165, 1.54) is 42.5 Å². The Labute approximate surface area is 113 Å². The van der Waals surface area contributed by atoms with E-state index in [-0.39, 0.29) is 5.75 Å². The van der Waals surface area contributed by atoms with Gasteiger partial charge in [0.05, 0.1) is 0 Å². The second kappa shape index (κ2) is 5.97. The Morgan fingerprint density at radius 3 is 2.35 bits per heavy atom. The first kappa shape index (κ1) is 13.7. The summed E-state index contributed by atoms with van der Waals surface area (Å²) in [6.45, 7) is 0. The summed E-state index contributed by atoms with van der Waals surface area (Å²) >= 11 is 0. The maximum Gasteiger partial charge on any atom is 0.328 e. The Bertz CT molecular complexity index is 649. The van der Waals surface area contributed by atoms with E-state index >= 15 is 0 Å². The van der Waals surface area contributed by atoms with Crippen molar-refractivity contribution in [2.75, 3.05) is 0 Å². The average molecular weight is 276 g/mol. The van der Waals surface area contributed by atoms with Gasteiger partial charge in [0.25, 0.3) is 0 Å². The van der Waals surface area contributed by atoms with Crippen LogP contribution in [0.2, 0.25) is 0 Å². The largest absolute Gasteiger partial charge is 0.478 e. The van der Waals surface area contributed by atoms with Crippen LogP contribution in [0.3, 0.4) is 0 Å². The zero-order chi connectivity index (χ0) is 14.5. The fourth-order valence-electron chi connectivity index (χ4n) is 1.55. The topological polar surface area (TPSA) is 46.5 Å². The van der Waals surface area contributed by atoms with Crippen LogP contribution in [0.15, 0.2) is 48.5 Å². The minimum absolute atomic E-state index is 0.196. The molecular formula is C15H10F2O3. The SMILES string of the molecule is O=C(O)/C=C/c1cc(F)cc(Oc2ccc(F)cc2)c1. The number of halogens is 2. The lowest BCUT2D eigenvalue weighted by Gasteiger charge is -2.06. The standard InChI is InChI=1S/C15H10F2O3/c16-11-2-4-13(5-3-11)20-14-8-10(1-6-15(18)19)7-12(17)9-14/h1-9H,(H,18,19)/b6-1+. The molecule has 0 heterocycles. The fourth-order valence-corrected chi connectivity index (χ4v) is 1.55. The van der Waals surface area contributed by atoms with E-state index in [1.807, 2.05) is 0 Å². The molecule has 1 N–H and O–H groups in total. The Morgan fingerprint density at radius 1 is 1.00 bits per heavy atom. The Hall–Kier alpha value is -2.69. The first-order valence-electron chi connectivity index (χ1n) is 5.68. The third kappa shape index (κ3) is 3.91. The number of ether oxygens (including phenoxy) is 1. The summed E-state index contributed by atoms with van der Waals surface area (Å²) in [5.74, 6) is -1.54. The summed E-state index contributed by atoms with van der Waals surface area (Å²) in [6.07, 6.45) is 2.15. The van der Waals surface area contributed by atoms with E-state index in [0.717, 1.165) is 12.1 Å². The molecule has 0 aliphatic rings. The zero-order valence-corrected chi connectivity index (χ0v) is 10.2. The minimum Gasteiger partial charge on any atom is -0.478 e. The molecule has 20 heavy (non-hydrogen) atoms. The lowest BCUT2D eigenvalue weighted by molar-refractivity contribution is -0.131. The highest BCUT2D eigenvalue weighted by Crippen LogP contribution is 2.24. The highest BCUT2D eigenvalue weighted by Gasteiger charge is 2.03. The molecule has 0 amide bonds. The van der Waals surface area contributed by atoms with Gasteiger partial charge in [-0.15, -0.1) is 0 Å². The number of hydrogen-bond acceptors (Lipinski definition) is 2. The van der Waals surface area contributed by atoms with Crippen molar-refractivity contribution in [2.45, 2.75) is 0 Å². The van der Waals surface area contributed by atoms with Gasteiger partial charge in [0.1, 0.15) is 23.1 Å². The summed E-state index contributed by atoms with van der Waals surface area (Å²) in [7, 11) is 0. The van der Waals surface area contributed by atoms with E-state index in [2.05, 4.69) is 0 Å². The molecule has 0 unspecified atom stereocenters. The van der Waals surface area contributed by atoms with Crippen LogP contribution in [0.1, 0.15) is 5.56 Å². The van der Waals surface area contributed by atoms with Crippen molar-refractivity contribution in [3.05, 3.63) is 65.7 Å². The molecule has 2 rings (SSSR count). The van der Waals surface area contributed by atoms with Crippen molar-refractivity contribution in [3.8, 4) is 11.5 Å². The molecule has 3 nitrogen and oxygen atoms in total. The molecule has 0 atom stereocenters. The molecule has 0 saturated heterocycles. The monoisotopic (exact) mass is 276 g/mol. The van der Waals surface area contributed by atoms with Crippen molar-refractivity contribution >= 4 is 12.0 Å². The van der Waals surface area contributed by atoms with Gasteiger partial charge in [0.2, 0.25) is 0 Å². The highest BCUT2D eigenvalue weighted by atomic mass is 19.1. The van der Waals surface area contributed by atoms with Gasteiger partial charge >= 0.3 is 5.97 Å². The molecule has 2 aromatic carbocycles. The van der Waals surface area contributed by atoms with Crippen LogP contribution in [0.5, 0.6) is 11.5 Å². The van der Waals surface area contributed by atoms with Crippen molar-refractivity contribution in [1.29, 1.82) is 0 Å². The predicted molar refractivity (Wildman–Crippen MR) is 69.5 cm³/mol. The summed E-state index contributed by atoms with van der Waals surface area (Å²) in [5, 5.41) is 8.53. The fraction of sp³-hybridized carbons (Fsp3) is 0. The van der Waals surface area contributed by atoms with E-state index in [1.54, 1.807) is 0 Å². The normalized spacial score (nSPS) is 10.7. The van der Waals surface area contributed by atoms with Crippen LogP contribution in [0, 0.1) is 11.6 Å². The summed E-state index contributed by atoms with van der Waals surface area (Å²) in [4.78, 5) is 10.4. The van der Waals surface area contributed by atoms with Crippen LogP contribution >= 0.6 is 0 Å². The van der Waals surface area contributed by atoms with Crippen LogP contribution in [0.4, 0.5) is 8.78 Å². The van der Waals surface area contributed by atoms with Gasteiger partial charge in [-0.05, 0) is 48.0 Å². The summed E-state index contributed by atoms with van der Waals surface area (Å²) in [6, 6.07) is 9.07. The zero-order valence-electron chi connectivity index (χ0n) is 10.2. The minimum atomic E-state index is -1.13. The van der Waals surface area contributed by atoms with Gasteiger partial charge in [-0.3, -0.25) is 0 Å². The maximum atomic E-state index is 13.4. The molecule has 0 aromatic heterocycles. The number of aliphatic carboxylic acids is 1. The van der Waals surface area contributed by atoms with Crippen LogP contribution in [0.25, 0.3) is 6.08 Å². The van der Waals surface area contributed by atoms with Crippen LogP contribution in [-0.4, -0.2) is 11.1 Å². The van der Waals surface area contributed by atoms with E-state index < -0.39 is 17.6 Å². The van der Waals surface area contributed by atoms with Crippen molar-refractivity contribution in [1.82, 2.24) is 0 Å². The first-order valence-corrected chi connectivity index (χ1v) is 5.68.